The van der Waals surface area contributed by atoms with Crippen molar-refractivity contribution in [2.24, 2.45) is 0 Å². The molecule has 0 unspecified atom stereocenters. The normalized spacial score (nSPS) is 9.76. The smallest absolute Gasteiger partial charge is 0.338 e. The molecular weight excluding hydrogens is 224 g/mol. The number of esters is 2. The zero-order valence-electron chi connectivity index (χ0n) is 9.76. The van der Waals surface area contributed by atoms with Crippen LogP contribution in [0.25, 0.3) is 0 Å². The first-order valence-electron chi connectivity index (χ1n) is 5.14. The molecule has 0 aromatic heterocycles. The molecule has 0 bridgehead atoms. The molecule has 1 rings (SSSR count). The molecule has 5 heteroatoms. The van der Waals surface area contributed by atoms with Crippen molar-refractivity contribution < 1.29 is 23.8 Å². The maximum atomic E-state index is 11.4. The Morgan fingerprint density at radius 3 is 2.71 bits per heavy atom. The molecule has 0 aliphatic carbocycles. The second-order valence-electron chi connectivity index (χ2n) is 3.16. The Morgan fingerprint density at radius 2 is 2.06 bits per heavy atom. The summed E-state index contributed by atoms with van der Waals surface area (Å²) in [6.45, 7) is 1.89. The maximum absolute atomic E-state index is 11.4. The molecular formula is C12H14O5. The second-order valence-corrected chi connectivity index (χ2v) is 3.16. The number of hydrogen-bond acceptors (Lipinski definition) is 5. The largest absolute Gasteiger partial charge is 0.462 e. The highest BCUT2D eigenvalue weighted by atomic mass is 16.6. The fourth-order valence-electron chi connectivity index (χ4n) is 1.18. The molecule has 0 saturated carbocycles. The summed E-state index contributed by atoms with van der Waals surface area (Å²) in [5.41, 5.74) is 0.342. The van der Waals surface area contributed by atoms with Gasteiger partial charge < -0.3 is 14.2 Å². The van der Waals surface area contributed by atoms with Crippen LogP contribution in [-0.2, 0) is 14.3 Å². The second kappa shape index (κ2) is 6.65. The van der Waals surface area contributed by atoms with Crippen LogP contribution in [0.3, 0.4) is 0 Å². The molecule has 0 spiro atoms. The van der Waals surface area contributed by atoms with Gasteiger partial charge in [0.2, 0.25) is 0 Å². The van der Waals surface area contributed by atoms with Gasteiger partial charge in [-0.05, 0) is 25.1 Å². The van der Waals surface area contributed by atoms with Crippen LogP contribution in [0.5, 0.6) is 5.75 Å². The van der Waals surface area contributed by atoms with Crippen molar-refractivity contribution in [2.75, 3.05) is 20.3 Å². The topological polar surface area (TPSA) is 61.8 Å². The fraction of sp³-hybridized carbons (Fsp3) is 0.333. The predicted octanol–water partition coefficient (Wildman–Crippen LogP) is 1.42. The first kappa shape index (κ1) is 13.2. The molecule has 0 aliphatic heterocycles. The highest BCUT2D eigenvalue weighted by molar-refractivity contribution is 5.90. The van der Waals surface area contributed by atoms with Gasteiger partial charge in [-0.25, -0.2) is 9.59 Å². The van der Waals surface area contributed by atoms with Crippen LogP contribution in [0.15, 0.2) is 24.3 Å². The third-order valence-corrected chi connectivity index (χ3v) is 1.84. The molecule has 1 aromatic rings. The van der Waals surface area contributed by atoms with Crippen LogP contribution in [0.1, 0.15) is 17.3 Å². The molecule has 0 aliphatic rings. The number of carbonyl (C=O) groups excluding carboxylic acids is 2. The van der Waals surface area contributed by atoms with E-state index in [1.165, 1.54) is 13.2 Å². The summed E-state index contributed by atoms with van der Waals surface area (Å²) in [5, 5.41) is 0. The minimum Gasteiger partial charge on any atom is -0.462 e. The minimum absolute atomic E-state index is 0.135. The number of hydrogen-bond donors (Lipinski definition) is 0. The van der Waals surface area contributed by atoms with Gasteiger partial charge in [0, 0.05) is 7.11 Å². The SMILES string of the molecule is CCOC(=O)c1cccc(OC(=O)COC)c1. The van der Waals surface area contributed by atoms with Gasteiger partial charge in [-0.3, -0.25) is 0 Å². The molecule has 0 amide bonds. The average molecular weight is 238 g/mol. The highest BCUT2D eigenvalue weighted by Crippen LogP contribution is 2.14. The van der Waals surface area contributed by atoms with Gasteiger partial charge in [-0.1, -0.05) is 6.07 Å². The van der Waals surface area contributed by atoms with Crippen LogP contribution in [0, 0.1) is 0 Å². The highest BCUT2D eigenvalue weighted by Gasteiger charge is 2.09. The van der Waals surface area contributed by atoms with Crippen LogP contribution < -0.4 is 4.74 Å². The van der Waals surface area contributed by atoms with Crippen molar-refractivity contribution in [3.05, 3.63) is 29.8 Å². The number of methoxy groups -OCH3 is 1. The Labute approximate surface area is 99.3 Å². The molecule has 0 radical (unpaired) electrons. The third kappa shape index (κ3) is 4.24. The molecule has 17 heavy (non-hydrogen) atoms. The molecule has 92 valence electrons. The van der Waals surface area contributed by atoms with Crippen molar-refractivity contribution in [1.82, 2.24) is 0 Å². The lowest BCUT2D eigenvalue weighted by Gasteiger charge is -2.05. The van der Waals surface area contributed by atoms with Crippen molar-refractivity contribution in [1.29, 1.82) is 0 Å². The van der Waals surface area contributed by atoms with Crippen molar-refractivity contribution >= 4 is 11.9 Å². The molecule has 0 atom stereocenters. The lowest BCUT2D eigenvalue weighted by atomic mass is 10.2. The quantitative estimate of drug-likeness (QED) is 0.573. The molecule has 0 saturated heterocycles. The molecule has 5 nitrogen and oxygen atoms in total. The standard InChI is InChI=1S/C12H14O5/c1-3-16-12(14)9-5-4-6-10(7-9)17-11(13)8-15-2/h4-7H,3,8H2,1-2H3. The van der Waals surface area contributed by atoms with Crippen molar-refractivity contribution in [3.63, 3.8) is 0 Å². The molecule has 0 fully saturated rings. The maximum Gasteiger partial charge on any atom is 0.338 e. The van der Waals surface area contributed by atoms with E-state index in [1.54, 1.807) is 25.1 Å². The predicted molar refractivity (Wildman–Crippen MR) is 59.9 cm³/mol. The van der Waals surface area contributed by atoms with E-state index < -0.39 is 11.9 Å². The Balaban J connectivity index is 2.72. The van der Waals surface area contributed by atoms with E-state index in [4.69, 9.17) is 9.47 Å². The summed E-state index contributed by atoms with van der Waals surface area (Å²) in [7, 11) is 1.40. The number of ether oxygens (including phenoxy) is 3. The summed E-state index contributed by atoms with van der Waals surface area (Å²) in [6, 6.07) is 6.23. The first-order chi connectivity index (χ1) is 8.17. The van der Waals surface area contributed by atoms with E-state index in [-0.39, 0.29) is 12.4 Å². The van der Waals surface area contributed by atoms with Gasteiger partial charge >= 0.3 is 11.9 Å². The summed E-state index contributed by atoms with van der Waals surface area (Å²) >= 11 is 0. The summed E-state index contributed by atoms with van der Waals surface area (Å²) < 4.78 is 14.4. The molecule has 0 N–H and O–H groups in total. The van der Waals surface area contributed by atoms with E-state index in [1.807, 2.05) is 0 Å². The van der Waals surface area contributed by atoms with Gasteiger partial charge in [0.1, 0.15) is 12.4 Å². The van der Waals surface area contributed by atoms with Crippen LogP contribution in [0.2, 0.25) is 0 Å². The molecule has 1 aromatic carbocycles. The van der Waals surface area contributed by atoms with Gasteiger partial charge in [0.05, 0.1) is 12.2 Å². The number of carbonyl (C=O) groups is 2. The zero-order valence-corrected chi connectivity index (χ0v) is 9.76. The van der Waals surface area contributed by atoms with Gasteiger partial charge in [0.25, 0.3) is 0 Å². The van der Waals surface area contributed by atoms with E-state index in [2.05, 4.69) is 4.74 Å². The van der Waals surface area contributed by atoms with E-state index in [0.717, 1.165) is 0 Å². The summed E-state index contributed by atoms with van der Waals surface area (Å²) in [5.74, 6) is -0.678. The average Bonchev–Trinajstić information content (AvgIpc) is 2.30. The Kier molecular flexibility index (Phi) is 5.16. The number of rotatable bonds is 5. The van der Waals surface area contributed by atoms with Gasteiger partial charge in [0.15, 0.2) is 0 Å². The Bertz CT molecular complexity index is 400. The third-order valence-electron chi connectivity index (χ3n) is 1.84. The van der Waals surface area contributed by atoms with E-state index in [0.29, 0.717) is 12.2 Å². The summed E-state index contributed by atoms with van der Waals surface area (Å²) in [4.78, 5) is 22.6. The van der Waals surface area contributed by atoms with Crippen LogP contribution in [0.4, 0.5) is 0 Å². The van der Waals surface area contributed by atoms with Gasteiger partial charge in [-0.15, -0.1) is 0 Å². The van der Waals surface area contributed by atoms with Crippen LogP contribution >= 0.6 is 0 Å². The zero-order chi connectivity index (χ0) is 12.7. The fourth-order valence-corrected chi connectivity index (χ4v) is 1.18. The van der Waals surface area contributed by atoms with Crippen LogP contribution in [-0.4, -0.2) is 32.3 Å². The number of benzene rings is 1. The van der Waals surface area contributed by atoms with E-state index in [9.17, 15) is 9.59 Å². The first-order valence-corrected chi connectivity index (χ1v) is 5.14. The minimum atomic E-state index is -0.520. The van der Waals surface area contributed by atoms with Gasteiger partial charge in [-0.2, -0.15) is 0 Å². The Hall–Kier alpha value is -1.88. The lowest BCUT2D eigenvalue weighted by molar-refractivity contribution is -0.138. The van der Waals surface area contributed by atoms with E-state index >= 15 is 0 Å². The van der Waals surface area contributed by atoms with Crippen molar-refractivity contribution in [3.8, 4) is 5.75 Å². The van der Waals surface area contributed by atoms with Crippen molar-refractivity contribution in [2.45, 2.75) is 6.92 Å². The monoisotopic (exact) mass is 238 g/mol. The lowest BCUT2D eigenvalue weighted by Crippen LogP contribution is -2.14. The summed E-state index contributed by atoms with van der Waals surface area (Å²) in [6.07, 6.45) is 0. The molecule has 0 heterocycles. The Morgan fingerprint density at radius 1 is 1.29 bits per heavy atom.